The Balaban J connectivity index is 1.05. The van der Waals surface area contributed by atoms with Crippen LogP contribution in [0.1, 0.15) is 50.0 Å². The minimum atomic E-state index is -0.668. The molecule has 14 nitrogen and oxygen atoms in total. The van der Waals surface area contributed by atoms with E-state index in [9.17, 15) is 24.0 Å². The van der Waals surface area contributed by atoms with Crippen LogP contribution in [0, 0.1) is 12.7 Å². The summed E-state index contributed by atoms with van der Waals surface area (Å²) in [5.74, 6) is -1.79. The van der Waals surface area contributed by atoms with Crippen LogP contribution in [0.15, 0.2) is 84.1 Å². The predicted molar refractivity (Wildman–Crippen MR) is 224 cm³/mol. The van der Waals surface area contributed by atoms with E-state index < -0.39 is 11.7 Å². The van der Waals surface area contributed by atoms with Gasteiger partial charge in [0.2, 0.25) is 18.7 Å². The van der Waals surface area contributed by atoms with Gasteiger partial charge in [-0.15, -0.1) is 0 Å². The zero-order valence-electron chi connectivity index (χ0n) is 33.9. The number of benzene rings is 3. The first-order valence-electron chi connectivity index (χ1n) is 19.5. The van der Waals surface area contributed by atoms with Crippen LogP contribution in [0.2, 0.25) is 0 Å². The summed E-state index contributed by atoms with van der Waals surface area (Å²) in [6.45, 7) is 5.36. The van der Waals surface area contributed by atoms with Gasteiger partial charge in [-0.05, 0) is 53.8 Å². The topological polar surface area (TPSA) is 157 Å². The number of aryl methyl sites for hydroxylation is 2. The quantitative estimate of drug-likeness (QED) is 0.0629. The number of carbonyl (C=O) groups excluding carboxylic acids is 5. The molecular weight excluding hydrogens is 756 g/mol. The maximum Gasteiger partial charge on any atom is 0.272 e. The van der Waals surface area contributed by atoms with Gasteiger partial charge in [-0.2, -0.15) is 5.10 Å². The largest absolute Gasteiger partial charge is 0.378 e. The van der Waals surface area contributed by atoms with Crippen LogP contribution < -0.4 is 15.6 Å². The third-order valence-corrected chi connectivity index (χ3v) is 10.0. The summed E-state index contributed by atoms with van der Waals surface area (Å²) in [4.78, 5) is 73.1. The van der Waals surface area contributed by atoms with Gasteiger partial charge in [-0.25, -0.2) is 14.8 Å². The van der Waals surface area contributed by atoms with Crippen LogP contribution in [0.3, 0.4) is 0 Å². The first kappa shape index (κ1) is 43.6. The Bertz CT molecular complexity index is 2150. The molecule has 1 saturated heterocycles. The van der Waals surface area contributed by atoms with Crippen molar-refractivity contribution in [3.8, 4) is 11.1 Å². The number of rotatable bonds is 19. The molecule has 1 fully saturated rings. The maximum atomic E-state index is 15.0. The highest BCUT2D eigenvalue weighted by molar-refractivity contribution is 6.03. The Morgan fingerprint density at radius 3 is 2.37 bits per heavy atom. The monoisotopic (exact) mass is 806 g/mol. The number of nitrogens with one attached hydrogen (secondary N) is 2. The smallest absolute Gasteiger partial charge is 0.272 e. The summed E-state index contributed by atoms with van der Waals surface area (Å²) in [5, 5.41) is 7.03. The molecule has 1 aliphatic rings. The lowest BCUT2D eigenvalue weighted by Gasteiger charge is -2.35. The number of nitrogens with zero attached hydrogens (tertiary/aromatic N) is 6. The highest BCUT2D eigenvalue weighted by Crippen LogP contribution is 2.27. The van der Waals surface area contributed by atoms with E-state index in [4.69, 9.17) is 4.74 Å². The lowest BCUT2D eigenvalue weighted by Crippen LogP contribution is -2.52. The van der Waals surface area contributed by atoms with Crippen LogP contribution >= 0.6 is 0 Å². The number of piperazine rings is 1. The first-order chi connectivity index (χ1) is 28.5. The van der Waals surface area contributed by atoms with Gasteiger partial charge in [0, 0.05) is 77.1 Å². The molecule has 1 aromatic heterocycles. The number of amides is 5. The van der Waals surface area contributed by atoms with Crippen molar-refractivity contribution in [1.29, 1.82) is 0 Å². The van der Waals surface area contributed by atoms with Crippen LogP contribution in [-0.2, 0) is 32.0 Å². The van der Waals surface area contributed by atoms with E-state index in [1.807, 2.05) is 68.4 Å². The molecule has 0 aliphatic carbocycles. The van der Waals surface area contributed by atoms with Gasteiger partial charge >= 0.3 is 0 Å². The summed E-state index contributed by atoms with van der Waals surface area (Å²) < 4.78 is 20.7. The summed E-state index contributed by atoms with van der Waals surface area (Å²) in [7, 11) is 3.71. The third kappa shape index (κ3) is 11.8. The zero-order chi connectivity index (χ0) is 42.3. The molecule has 0 spiro atoms. The molecule has 4 aromatic rings. The second-order valence-electron chi connectivity index (χ2n) is 14.3. The Kier molecular flexibility index (Phi) is 15.8. The number of ether oxygens (including phenoxy) is 1. The van der Waals surface area contributed by atoms with E-state index in [-0.39, 0.29) is 82.8 Å². The molecule has 0 bridgehead atoms. The highest BCUT2D eigenvalue weighted by Gasteiger charge is 2.27. The van der Waals surface area contributed by atoms with E-state index in [1.165, 1.54) is 27.5 Å². The number of aromatic nitrogens is 1. The molecule has 0 radical (unpaired) electrons. The summed E-state index contributed by atoms with van der Waals surface area (Å²) in [6.07, 6.45) is 3.90. The van der Waals surface area contributed by atoms with E-state index in [0.29, 0.717) is 35.5 Å². The number of hydrazone groups is 1. The van der Waals surface area contributed by atoms with E-state index in [0.717, 1.165) is 28.7 Å². The summed E-state index contributed by atoms with van der Waals surface area (Å²) in [6, 6.07) is 22.0. The Labute approximate surface area is 344 Å². The van der Waals surface area contributed by atoms with Gasteiger partial charge < -0.3 is 29.7 Å². The Morgan fingerprint density at radius 1 is 0.898 bits per heavy atom. The Hall–Kier alpha value is -6.48. The normalized spacial score (nSPS) is 12.8. The Morgan fingerprint density at radius 2 is 1.66 bits per heavy atom. The zero-order valence-corrected chi connectivity index (χ0v) is 33.9. The SMILES string of the molecule is CCc1cccc(-c2cnc(C(=O)NCCOCCN(C=O)CC(=O)N3CCN(C(=O)c4cc(C/C(=N/NC=O)c5ccccc5C)ccc4F)CC3)c(N(C)C)c2)c1. The van der Waals surface area contributed by atoms with E-state index in [2.05, 4.69) is 39.9 Å². The predicted octanol–water partition coefficient (Wildman–Crippen LogP) is 3.71. The minimum Gasteiger partial charge on any atom is -0.378 e. The van der Waals surface area contributed by atoms with Crippen molar-refractivity contribution in [2.45, 2.75) is 26.7 Å². The molecule has 3 aromatic carbocycles. The van der Waals surface area contributed by atoms with Gasteiger partial charge in [0.05, 0.1) is 36.7 Å². The second kappa shape index (κ2) is 21.3. The average Bonchev–Trinajstić information content (AvgIpc) is 3.26. The number of hydrogen-bond acceptors (Lipinski definition) is 9. The molecule has 5 amide bonds. The van der Waals surface area contributed by atoms with Crippen molar-refractivity contribution >= 4 is 41.9 Å². The fourth-order valence-electron chi connectivity index (χ4n) is 6.71. The molecule has 5 rings (SSSR count). The van der Waals surface area contributed by atoms with Crippen LogP contribution in [0.25, 0.3) is 11.1 Å². The lowest BCUT2D eigenvalue weighted by molar-refractivity contribution is -0.137. The molecule has 0 unspecified atom stereocenters. The molecule has 59 heavy (non-hydrogen) atoms. The van der Waals surface area contributed by atoms with E-state index in [1.54, 1.807) is 17.2 Å². The molecule has 310 valence electrons. The van der Waals surface area contributed by atoms with Crippen molar-refractivity contribution in [1.82, 2.24) is 30.4 Å². The van der Waals surface area contributed by atoms with Gasteiger partial charge in [0.15, 0.2) is 5.69 Å². The first-order valence-corrected chi connectivity index (χ1v) is 19.5. The van der Waals surface area contributed by atoms with Gasteiger partial charge in [0.1, 0.15) is 5.82 Å². The molecule has 1 aliphatic heterocycles. The molecule has 2 heterocycles. The molecular formula is C44H51FN8O6. The van der Waals surface area contributed by atoms with Crippen molar-refractivity contribution in [3.05, 3.63) is 118 Å². The summed E-state index contributed by atoms with van der Waals surface area (Å²) >= 11 is 0. The third-order valence-electron chi connectivity index (χ3n) is 10.0. The molecule has 0 atom stereocenters. The van der Waals surface area contributed by atoms with Crippen molar-refractivity contribution < 1.29 is 33.1 Å². The van der Waals surface area contributed by atoms with Crippen LogP contribution in [0.5, 0.6) is 0 Å². The van der Waals surface area contributed by atoms with E-state index >= 15 is 4.39 Å². The maximum absolute atomic E-state index is 15.0. The van der Waals surface area contributed by atoms with Crippen LogP contribution in [0.4, 0.5) is 10.1 Å². The summed E-state index contributed by atoms with van der Waals surface area (Å²) in [5.41, 5.74) is 9.31. The second-order valence-corrected chi connectivity index (χ2v) is 14.3. The number of pyridine rings is 1. The van der Waals surface area contributed by atoms with Crippen LogP contribution in [-0.4, -0.2) is 129 Å². The lowest BCUT2D eigenvalue weighted by atomic mass is 9.97. The molecule has 15 heteroatoms. The van der Waals surface area contributed by atoms with Gasteiger partial charge in [0.25, 0.3) is 11.8 Å². The molecule has 2 N–H and O–H groups in total. The number of hydrogen-bond donors (Lipinski definition) is 2. The standard InChI is InChI=1S/C44H51FN8O6/c1-5-32-10-8-11-34(23-32)35-26-40(50(3)4)42(47-27-35)43(57)46-15-21-59-22-20-51(30-55)28-41(56)52-16-18-53(19-17-52)44(58)37-24-33(13-14-38(37)45)25-39(49-48-29-54)36-12-7-6-9-31(36)2/h6-14,23-24,26-27,29-30H,5,15-22,25,28H2,1-4H3,(H,46,57)(H,48,54)/b49-39-. The fourth-order valence-corrected chi connectivity index (χ4v) is 6.71. The van der Waals surface area contributed by atoms with Crippen molar-refractivity contribution in [2.75, 3.05) is 78.0 Å². The number of anilines is 1. The fraction of sp³-hybridized carbons (Fsp3) is 0.341. The van der Waals surface area contributed by atoms with Gasteiger partial charge in [-0.1, -0.05) is 61.5 Å². The minimum absolute atomic E-state index is 0.0978. The van der Waals surface area contributed by atoms with Crippen molar-refractivity contribution in [2.24, 2.45) is 5.10 Å². The highest BCUT2D eigenvalue weighted by atomic mass is 19.1. The number of halogens is 1. The average molecular weight is 807 g/mol. The van der Waals surface area contributed by atoms with Gasteiger partial charge in [-0.3, -0.25) is 24.0 Å². The van der Waals surface area contributed by atoms with Crippen molar-refractivity contribution in [3.63, 3.8) is 0 Å². The molecule has 0 saturated carbocycles. The number of carbonyl (C=O) groups is 5.